The molecular formula is C9H17NS. The molecule has 11 heavy (non-hydrogen) atoms. The van der Waals surface area contributed by atoms with E-state index in [1.165, 1.54) is 4.88 Å². The monoisotopic (exact) mass is 171 g/mol. The van der Waals surface area contributed by atoms with Gasteiger partial charge in [-0.1, -0.05) is 34.6 Å². The van der Waals surface area contributed by atoms with E-state index in [0.717, 1.165) is 0 Å². The summed E-state index contributed by atoms with van der Waals surface area (Å²) in [6, 6.07) is 0. The van der Waals surface area contributed by atoms with Crippen molar-refractivity contribution >= 4 is 11.3 Å². The first-order chi connectivity index (χ1) is 5.11. The zero-order chi connectivity index (χ0) is 8.91. The van der Waals surface area contributed by atoms with Crippen molar-refractivity contribution < 1.29 is 0 Å². The van der Waals surface area contributed by atoms with E-state index < -0.39 is 0 Å². The highest BCUT2D eigenvalue weighted by Gasteiger charge is 2.14. The maximum atomic E-state index is 4.01. The second kappa shape index (κ2) is 4.50. The molecule has 0 saturated heterocycles. The molecule has 0 spiro atoms. The second-order valence-corrected chi connectivity index (χ2v) is 4.00. The van der Waals surface area contributed by atoms with Gasteiger partial charge in [-0.25, -0.2) is 0 Å². The van der Waals surface area contributed by atoms with Gasteiger partial charge in [-0.3, -0.25) is 4.98 Å². The summed E-state index contributed by atoms with van der Waals surface area (Å²) in [5.74, 6) is 0. The molecule has 0 N–H and O–H groups in total. The first-order valence-electron chi connectivity index (χ1n) is 3.99. The van der Waals surface area contributed by atoms with E-state index in [2.05, 4.69) is 25.8 Å². The van der Waals surface area contributed by atoms with Crippen molar-refractivity contribution in [3.8, 4) is 0 Å². The van der Waals surface area contributed by atoms with Gasteiger partial charge in [0, 0.05) is 11.1 Å². The molecule has 1 aromatic heterocycles. The second-order valence-electron chi connectivity index (χ2n) is 3.12. The van der Waals surface area contributed by atoms with Gasteiger partial charge in [-0.05, 0) is 5.41 Å². The fraction of sp³-hybridized carbons (Fsp3) is 0.667. The standard InChI is InChI=1S/C7H11NS.C2H6/c1-7(2,3)6-4-8-5-9-6;1-2/h4-5H,1-3H3;1-2H3. The Labute approximate surface area is 73.5 Å². The Hall–Kier alpha value is -0.370. The van der Waals surface area contributed by atoms with Crippen LogP contribution in [0.2, 0.25) is 0 Å². The Morgan fingerprint density at radius 2 is 1.82 bits per heavy atom. The highest BCUT2D eigenvalue weighted by atomic mass is 32.1. The number of hydrogen-bond donors (Lipinski definition) is 0. The Bertz CT molecular complexity index is 172. The van der Waals surface area contributed by atoms with Crippen LogP contribution in [0.25, 0.3) is 0 Å². The molecule has 1 aromatic rings. The third-order valence-electron chi connectivity index (χ3n) is 1.17. The molecule has 0 aliphatic rings. The SMILES string of the molecule is CC.CC(C)(C)c1cncs1. The van der Waals surface area contributed by atoms with Crippen molar-refractivity contribution in [2.75, 3.05) is 0 Å². The van der Waals surface area contributed by atoms with Crippen molar-refractivity contribution in [2.45, 2.75) is 40.0 Å². The largest absolute Gasteiger partial charge is 0.253 e. The van der Waals surface area contributed by atoms with Crippen LogP contribution in [0.15, 0.2) is 11.7 Å². The minimum Gasteiger partial charge on any atom is -0.253 e. The first kappa shape index (κ1) is 10.6. The molecule has 1 heterocycles. The number of nitrogens with zero attached hydrogens (tertiary/aromatic N) is 1. The van der Waals surface area contributed by atoms with Gasteiger partial charge < -0.3 is 0 Å². The van der Waals surface area contributed by atoms with E-state index in [1.807, 2.05) is 25.6 Å². The number of aromatic nitrogens is 1. The maximum Gasteiger partial charge on any atom is 0.0794 e. The smallest absolute Gasteiger partial charge is 0.0794 e. The third kappa shape index (κ3) is 3.51. The number of rotatable bonds is 0. The fourth-order valence-electron chi connectivity index (χ4n) is 0.586. The molecule has 0 aliphatic carbocycles. The van der Waals surface area contributed by atoms with E-state index in [4.69, 9.17) is 0 Å². The van der Waals surface area contributed by atoms with Crippen LogP contribution in [0.3, 0.4) is 0 Å². The molecule has 1 rings (SSSR count). The van der Waals surface area contributed by atoms with Crippen LogP contribution >= 0.6 is 11.3 Å². The normalized spacial score (nSPS) is 10.3. The van der Waals surface area contributed by atoms with Gasteiger partial charge in [0.1, 0.15) is 0 Å². The van der Waals surface area contributed by atoms with Gasteiger partial charge in [-0.2, -0.15) is 0 Å². The molecule has 1 nitrogen and oxygen atoms in total. The summed E-state index contributed by atoms with van der Waals surface area (Å²) in [6.45, 7) is 10.6. The molecule has 0 saturated carbocycles. The number of hydrogen-bond acceptors (Lipinski definition) is 2. The van der Waals surface area contributed by atoms with Crippen LogP contribution in [0, 0.1) is 0 Å². The number of thiazole rings is 1. The van der Waals surface area contributed by atoms with Crippen molar-refractivity contribution in [3.05, 3.63) is 16.6 Å². The predicted octanol–water partition coefficient (Wildman–Crippen LogP) is 3.47. The Morgan fingerprint density at radius 3 is 2.00 bits per heavy atom. The average Bonchev–Trinajstić information content (AvgIpc) is 2.40. The summed E-state index contributed by atoms with van der Waals surface area (Å²) < 4.78 is 0. The minimum absolute atomic E-state index is 0.279. The zero-order valence-corrected chi connectivity index (χ0v) is 8.83. The predicted molar refractivity (Wildman–Crippen MR) is 52.2 cm³/mol. The molecule has 0 unspecified atom stereocenters. The topological polar surface area (TPSA) is 12.9 Å². The summed E-state index contributed by atoms with van der Waals surface area (Å²) in [5, 5.41) is 0. The lowest BCUT2D eigenvalue weighted by atomic mass is 9.96. The summed E-state index contributed by atoms with van der Waals surface area (Å²) in [7, 11) is 0. The lowest BCUT2D eigenvalue weighted by molar-refractivity contribution is 0.602. The molecule has 0 aliphatic heterocycles. The van der Waals surface area contributed by atoms with Crippen molar-refractivity contribution in [3.63, 3.8) is 0 Å². The molecular weight excluding hydrogens is 154 g/mol. The van der Waals surface area contributed by atoms with Gasteiger partial charge >= 0.3 is 0 Å². The van der Waals surface area contributed by atoms with E-state index >= 15 is 0 Å². The van der Waals surface area contributed by atoms with E-state index in [9.17, 15) is 0 Å². The Kier molecular flexibility index (Phi) is 4.34. The highest BCUT2D eigenvalue weighted by Crippen LogP contribution is 2.24. The molecule has 2 heteroatoms. The zero-order valence-electron chi connectivity index (χ0n) is 8.01. The van der Waals surface area contributed by atoms with Crippen LogP contribution in [0.4, 0.5) is 0 Å². The van der Waals surface area contributed by atoms with Gasteiger partial charge in [-0.15, -0.1) is 11.3 Å². The molecule has 0 aromatic carbocycles. The van der Waals surface area contributed by atoms with Crippen LogP contribution in [0.5, 0.6) is 0 Å². The lowest BCUT2D eigenvalue weighted by Crippen LogP contribution is -2.07. The quantitative estimate of drug-likeness (QED) is 0.582. The summed E-state index contributed by atoms with van der Waals surface area (Å²) in [6.07, 6.45) is 1.94. The van der Waals surface area contributed by atoms with E-state index in [-0.39, 0.29) is 5.41 Å². The maximum absolute atomic E-state index is 4.01. The van der Waals surface area contributed by atoms with Crippen LogP contribution in [-0.4, -0.2) is 4.98 Å². The van der Waals surface area contributed by atoms with Crippen molar-refractivity contribution in [1.82, 2.24) is 4.98 Å². The van der Waals surface area contributed by atoms with Gasteiger partial charge in [0.25, 0.3) is 0 Å². The van der Waals surface area contributed by atoms with Gasteiger partial charge in [0.05, 0.1) is 5.51 Å². The summed E-state index contributed by atoms with van der Waals surface area (Å²) >= 11 is 1.72. The Morgan fingerprint density at radius 1 is 1.27 bits per heavy atom. The summed E-state index contributed by atoms with van der Waals surface area (Å²) in [5.41, 5.74) is 2.15. The molecule has 0 bridgehead atoms. The lowest BCUT2D eigenvalue weighted by Gasteiger charge is -2.13. The minimum atomic E-state index is 0.279. The van der Waals surface area contributed by atoms with Gasteiger partial charge in [0.2, 0.25) is 0 Å². The van der Waals surface area contributed by atoms with Crippen LogP contribution in [-0.2, 0) is 5.41 Å². The average molecular weight is 171 g/mol. The highest BCUT2D eigenvalue weighted by molar-refractivity contribution is 7.09. The van der Waals surface area contributed by atoms with Crippen molar-refractivity contribution in [1.29, 1.82) is 0 Å². The van der Waals surface area contributed by atoms with Crippen LogP contribution < -0.4 is 0 Å². The van der Waals surface area contributed by atoms with E-state index in [0.29, 0.717) is 0 Å². The van der Waals surface area contributed by atoms with Gasteiger partial charge in [0.15, 0.2) is 0 Å². The third-order valence-corrected chi connectivity index (χ3v) is 2.37. The molecule has 0 fully saturated rings. The van der Waals surface area contributed by atoms with E-state index in [1.54, 1.807) is 11.3 Å². The fourth-order valence-corrected chi connectivity index (χ4v) is 1.30. The molecule has 0 atom stereocenters. The van der Waals surface area contributed by atoms with Crippen LogP contribution in [0.1, 0.15) is 39.5 Å². The van der Waals surface area contributed by atoms with Crippen molar-refractivity contribution in [2.24, 2.45) is 0 Å². The molecule has 0 radical (unpaired) electrons. The molecule has 0 amide bonds. The Balaban J connectivity index is 0.000000461. The summed E-state index contributed by atoms with van der Waals surface area (Å²) in [4.78, 5) is 5.36. The molecule has 64 valence electrons. The first-order valence-corrected chi connectivity index (χ1v) is 4.87.